The van der Waals surface area contributed by atoms with Gasteiger partial charge in [0.25, 0.3) is 0 Å². The zero-order valence-electron chi connectivity index (χ0n) is 10.3. The zero-order valence-corrected chi connectivity index (χ0v) is 13.5. The average molecular weight is 375 g/mol. The Morgan fingerprint density at radius 1 is 1.33 bits per heavy atom. The fourth-order valence-corrected chi connectivity index (χ4v) is 2.00. The standard InChI is InChI=1S/C13H17N3S.HI/c1-3-9-15-13(14-2)16-10-11-17-12-7-5-4-6-8-12;/h1,4-8H,9-11H2,2H3,(H2,14,15,16);1H. The first-order valence-electron chi connectivity index (χ1n) is 5.42. The molecule has 1 aromatic rings. The summed E-state index contributed by atoms with van der Waals surface area (Å²) >= 11 is 1.81. The Bertz CT molecular complexity index is 387. The number of hydrogen-bond acceptors (Lipinski definition) is 2. The molecule has 0 saturated heterocycles. The molecule has 0 aromatic heterocycles. The highest BCUT2D eigenvalue weighted by Gasteiger charge is 1.95. The zero-order chi connectivity index (χ0) is 12.3. The van der Waals surface area contributed by atoms with Crippen LogP contribution in [0.25, 0.3) is 0 Å². The molecule has 0 aliphatic carbocycles. The van der Waals surface area contributed by atoms with Crippen LogP contribution in [-0.2, 0) is 0 Å². The minimum atomic E-state index is 0. The van der Waals surface area contributed by atoms with Gasteiger partial charge in [0.15, 0.2) is 5.96 Å². The summed E-state index contributed by atoms with van der Waals surface area (Å²) in [6.07, 6.45) is 5.16. The van der Waals surface area contributed by atoms with Gasteiger partial charge in [-0.15, -0.1) is 42.2 Å². The highest BCUT2D eigenvalue weighted by molar-refractivity contribution is 14.0. The fraction of sp³-hybridized carbons (Fsp3) is 0.308. The highest BCUT2D eigenvalue weighted by atomic mass is 127. The molecule has 5 heteroatoms. The third-order valence-corrected chi connectivity index (χ3v) is 3.00. The van der Waals surface area contributed by atoms with Crippen molar-refractivity contribution in [2.24, 2.45) is 4.99 Å². The van der Waals surface area contributed by atoms with Gasteiger partial charge in [0.05, 0.1) is 6.54 Å². The number of rotatable bonds is 5. The molecule has 18 heavy (non-hydrogen) atoms. The Balaban J connectivity index is 0.00000289. The largest absolute Gasteiger partial charge is 0.356 e. The molecule has 1 aromatic carbocycles. The van der Waals surface area contributed by atoms with Gasteiger partial charge in [-0.05, 0) is 12.1 Å². The predicted molar refractivity (Wildman–Crippen MR) is 90.8 cm³/mol. The van der Waals surface area contributed by atoms with E-state index in [1.54, 1.807) is 7.05 Å². The summed E-state index contributed by atoms with van der Waals surface area (Å²) < 4.78 is 0. The van der Waals surface area contributed by atoms with Gasteiger partial charge < -0.3 is 10.6 Å². The van der Waals surface area contributed by atoms with Gasteiger partial charge in [-0.3, -0.25) is 4.99 Å². The van der Waals surface area contributed by atoms with Gasteiger partial charge >= 0.3 is 0 Å². The highest BCUT2D eigenvalue weighted by Crippen LogP contribution is 2.15. The Kier molecular flexibility index (Phi) is 10.7. The minimum Gasteiger partial charge on any atom is -0.356 e. The van der Waals surface area contributed by atoms with Crippen molar-refractivity contribution in [2.75, 3.05) is 25.9 Å². The summed E-state index contributed by atoms with van der Waals surface area (Å²) in [6, 6.07) is 10.3. The Labute approximate surface area is 130 Å². The first-order chi connectivity index (χ1) is 8.36. The van der Waals surface area contributed by atoms with Gasteiger partial charge in [-0.2, -0.15) is 0 Å². The number of guanidine groups is 1. The predicted octanol–water partition coefficient (Wildman–Crippen LogP) is 2.19. The van der Waals surface area contributed by atoms with Gasteiger partial charge in [-0.25, -0.2) is 0 Å². The van der Waals surface area contributed by atoms with Crippen molar-refractivity contribution in [3.05, 3.63) is 30.3 Å². The molecule has 0 aliphatic heterocycles. The van der Waals surface area contributed by atoms with Crippen molar-refractivity contribution < 1.29 is 0 Å². The number of nitrogens with one attached hydrogen (secondary N) is 2. The summed E-state index contributed by atoms with van der Waals surface area (Å²) in [7, 11) is 1.73. The monoisotopic (exact) mass is 375 g/mol. The van der Waals surface area contributed by atoms with Crippen LogP contribution in [0.4, 0.5) is 0 Å². The van der Waals surface area contributed by atoms with E-state index in [2.05, 4.69) is 33.7 Å². The maximum Gasteiger partial charge on any atom is 0.191 e. The van der Waals surface area contributed by atoms with Crippen LogP contribution < -0.4 is 10.6 Å². The first kappa shape index (κ1) is 17.1. The molecule has 0 spiro atoms. The number of halogens is 1. The molecule has 3 nitrogen and oxygen atoms in total. The maximum atomic E-state index is 5.16. The van der Waals surface area contributed by atoms with Crippen LogP contribution in [0.5, 0.6) is 0 Å². The second kappa shape index (κ2) is 11.2. The Morgan fingerprint density at radius 3 is 2.67 bits per heavy atom. The number of nitrogens with zero attached hydrogens (tertiary/aromatic N) is 1. The second-order valence-corrected chi connectivity index (χ2v) is 4.39. The molecule has 0 saturated carbocycles. The Morgan fingerprint density at radius 2 is 2.06 bits per heavy atom. The van der Waals surface area contributed by atoms with E-state index in [4.69, 9.17) is 6.42 Å². The minimum absolute atomic E-state index is 0. The van der Waals surface area contributed by atoms with Crippen molar-refractivity contribution in [1.82, 2.24) is 10.6 Å². The number of hydrogen-bond donors (Lipinski definition) is 2. The van der Waals surface area contributed by atoms with E-state index in [0.717, 1.165) is 18.3 Å². The van der Waals surface area contributed by atoms with E-state index in [1.165, 1.54) is 4.90 Å². The smallest absolute Gasteiger partial charge is 0.191 e. The number of thioether (sulfide) groups is 1. The summed E-state index contributed by atoms with van der Waals surface area (Å²) in [4.78, 5) is 5.34. The van der Waals surface area contributed by atoms with Crippen LogP contribution in [0, 0.1) is 12.3 Å². The molecular weight excluding hydrogens is 357 g/mol. The normalized spacial score (nSPS) is 10.1. The molecule has 0 atom stereocenters. The molecule has 0 fully saturated rings. The van der Waals surface area contributed by atoms with Gasteiger partial charge in [0.2, 0.25) is 0 Å². The quantitative estimate of drug-likeness (QED) is 0.207. The summed E-state index contributed by atoms with van der Waals surface area (Å²) in [6.45, 7) is 1.34. The summed E-state index contributed by atoms with van der Waals surface area (Å²) in [5.74, 6) is 4.25. The van der Waals surface area contributed by atoms with E-state index < -0.39 is 0 Å². The number of benzene rings is 1. The van der Waals surface area contributed by atoms with Crippen LogP contribution in [0.15, 0.2) is 40.2 Å². The lowest BCUT2D eigenvalue weighted by atomic mass is 10.4. The third-order valence-electron chi connectivity index (χ3n) is 1.99. The molecule has 0 radical (unpaired) electrons. The van der Waals surface area contributed by atoms with E-state index in [-0.39, 0.29) is 24.0 Å². The van der Waals surface area contributed by atoms with E-state index in [9.17, 15) is 0 Å². The molecule has 0 aliphatic rings. The van der Waals surface area contributed by atoms with Crippen LogP contribution >= 0.6 is 35.7 Å². The Hall–Kier alpha value is -0.870. The average Bonchev–Trinajstić information content (AvgIpc) is 2.39. The van der Waals surface area contributed by atoms with Crippen molar-refractivity contribution >= 4 is 41.7 Å². The lowest BCUT2D eigenvalue weighted by Crippen LogP contribution is -2.38. The van der Waals surface area contributed by atoms with E-state index in [1.807, 2.05) is 30.0 Å². The summed E-state index contributed by atoms with van der Waals surface area (Å²) in [5.41, 5.74) is 0. The van der Waals surface area contributed by atoms with Crippen LogP contribution in [0.3, 0.4) is 0 Å². The van der Waals surface area contributed by atoms with Crippen molar-refractivity contribution in [2.45, 2.75) is 4.90 Å². The van der Waals surface area contributed by atoms with Crippen LogP contribution in [0.2, 0.25) is 0 Å². The molecule has 0 heterocycles. The molecule has 2 N–H and O–H groups in total. The van der Waals surface area contributed by atoms with E-state index in [0.29, 0.717) is 6.54 Å². The van der Waals surface area contributed by atoms with Crippen LogP contribution in [0.1, 0.15) is 0 Å². The summed E-state index contributed by atoms with van der Waals surface area (Å²) in [5, 5.41) is 6.21. The fourth-order valence-electron chi connectivity index (χ4n) is 1.21. The number of terminal acetylenes is 1. The lowest BCUT2D eigenvalue weighted by molar-refractivity contribution is 0.891. The van der Waals surface area contributed by atoms with Gasteiger partial charge in [0, 0.05) is 24.2 Å². The SMILES string of the molecule is C#CCNC(=NC)NCCSc1ccccc1.I. The van der Waals surface area contributed by atoms with Crippen LogP contribution in [-0.4, -0.2) is 31.8 Å². The molecule has 1 rings (SSSR count). The third kappa shape index (κ3) is 7.45. The van der Waals surface area contributed by atoms with Gasteiger partial charge in [-0.1, -0.05) is 24.1 Å². The molecule has 0 amide bonds. The second-order valence-electron chi connectivity index (χ2n) is 3.22. The van der Waals surface area contributed by atoms with Crippen molar-refractivity contribution in [1.29, 1.82) is 0 Å². The van der Waals surface area contributed by atoms with Crippen molar-refractivity contribution in [3.8, 4) is 12.3 Å². The number of aliphatic imine (C=N–C) groups is 1. The molecule has 0 bridgehead atoms. The maximum absolute atomic E-state index is 5.16. The van der Waals surface area contributed by atoms with Crippen molar-refractivity contribution in [3.63, 3.8) is 0 Å². The lowest BCUT2D eigenvalue weighted by Gasteiger charge is -2.09. The molecule has 0 unspecified atom stereocenters. The molecular formula is C13H18IN3S. The van der Waals surface area contributed by atoms with Gasteiger partial charge in [0.1, 0.15) is 0 Å². The van der Waals surface area contributed by atoms with E-state index >= 15 is 0 Å². The topological polar surface area (TPSA) is 36.4 Å². The molecule has 98 valence electrons. The first-order valence-corrected chi connectivity index (χ1v) is 6.41.